The first-order valence-corrected chi connectivity index (χ1v) is 12.1. The quantitative estimate of drug-likeness (QED) is 0.350. The zero-order chi connectivity index (χ0) is 24.2. The number of carbonyl (C=O) groups is 1. The van der Waals surface area contributed by atoms with Gasteiger partial charge in [-0.2, -0.15) is 0 Å². The molecule has 1 amide bonds. The minimum Gasteiger partial charge on any atom is -0.367 e. The Kier molecular flexibility index (Phi) is 6.68. The van der Waals surface area contributed by atoms with Crippen molar-refractivity contribution in [1.29, 1.82) is 0 Å². The van der Waals surface area contributed by atoms with Crippen molar-refractivity contribution in [3.63, 3.8) is 0 Å². The summed E-state index contributed by atoms with van der Waals surface area (Å²) in [6.45, 7) is 4.76. The first kappa shape index (κ1) is 22.9. The fourth-order valence-corrected chi connectivity index (χ4v) is 4.49. The molecule has 1 aliphatic heterocycles. The molecule has 0 spiro atoms. The van der Waals surface area contributed by atoms with E-state index in [0.717, 1.165) is 46.3 Å². The molecule has 3 aromatic carbocycles. The Morgan fingerprint density at radius 2 is 1.80 bits per heavy atom. The maximum atomic E-state index is 12.9. The highest BCUT2D eigenvalue weighted by atomic mass is 35.5. The van der Waals surface area contributed by atoms with Gasteiger partial charge in [0.1, 0.15) is 5.82 Å². The van der Waals surface area contributed by atoms with Crippen LogP contribution in [0.5, 0.6) is 0 Å². The number of benzene rings is 3. The molecule has 0 fully saturated rings. The molecule has 4 aromatic rings. The molecular weight excluding hydrogens is 456 g/mol. The summed E-state index contributed by atoms with van der Waals surface area (Å²) in [7, 11) is 0. The van der Waals surface area contributed by atoms with Crippen molar-refractivity contribution in [1.82, 2.24) is 10.3 Å². The lowest BCUT2D eigenvalue weighted by Gasteiger charge is -2.32. The molecule has 0 saturated carbocycles. The van der Waals surface area contributed by atoms with Gasteiger partial charge in [0, 0.05) is 37.4 Å². The van der Waals surface area contributed by atoms with E-state index < -0.39 is 0 Å². The normalized spacial score (nSPS) is 12.6. The van der Waals surface area contributed by atoms with Crippen LogP contribution in [0.4, 0.5) is 11.5 Å². The smallest absolute Gasteiger partial charge is 0.253 e. The number of amides is 1. The van der Waals surface area contributed by atoms with Crippen LogP contribution in [0.2, 0.25) is 5.02 Å². The molecule has 1 aromatic heterocycles. The molecule has 1 aliphatic rings. The van der Waals surface area contributed by atoms with Crippen molar-refractivity contribution in [3.05, 3.63) is 112 Å². The van der Waals surface area contributed by atoms with E-state index in [1.807, 2.05) is 48.5 Å². The zero-order valence-electron chi connectivity index (χ0n) is 19.6. The average molecular weight is 483 g/mol. The summed E-state index contributed by atoms with van der Waals surface area (Å²) in [5, 5.41) is 7.10. The second kappa shape index (κ2) is 10.2. The lowest BCUT2D eigenvalue weighted by atomic mass is 10.0. The molecule has 5 rings (SSSR count). The predicted octanol–water partition coefficient (Wildman–Crippen LogP) is 6.07. The number of fused-ring (bicyclic) bond motifs is 1. The van der Waals surface area contributed by atoms with Gasteiger partial charge in [-0.3, -0.25) is 4.79 Å². The van der Waals surface area contributed by atoms with Crippen molar-refractivity contribution in [2.24, 2.45) is 0 Å². The summed E-state index contributed by atoms with van der Waals surface area (Å²) >= 11 is 6.45. The minimum absolute atomic E-state index is 0.147. The number of rotatable bonds is 6. The number of hydrogen-bond acceptors (Lipinski definition) is 4. The molecular formula is C29H27ClN4O. The van der Waals surface area contributed by atoms with Crippen molar-refractivity contribution >= 4 is 29.0 Å². The molecule has 2 heterocycles. The van der Waals surface area contributed by atoms with Gasteiger partial charge in [0.25, 0.3) is 5.91 Å². The Labute approximate surface area is 210 Å². The molecule has 0 unspecified atom stereocenters. The molecule has 0 aliphatic carbocycles. The maximum absolute atomic E-state index is 12.9. The van der Waals surface area contributed by atoms with Gasteiger partial charge in [0.2, 0.25) is 0 Å². The van der Waals surface area contributed by atoms with Crippen LogP contribution in [-0.2, 0) is 13.1 Å². The minimum atomic E-state index is -0.147. The molecule has 2 N–H and O–H groups in total. The molecule has 5 nitrogen and oxygen atoms in total. The van der Waals surface area contributed by atoms with Crippen LogP contribution in [-0.4, -0.2) is 24.0 Å². The third kappa shape index (κ3) is 5.31. The summed E-state index contributed by atoms with van der Waals surface area (Å²) in [6.07, 6.45) is 1.63. The number of nitrogens with zero attached hydrogens (tertiary/aromatic N) is 2. The van der Waals surface area contributed by atoms with Gasteiger partial charge in [-0.05, 0) is 41.3 Å². The van der Waals surface area contributed by atoms with Crippen LogP contribution in [0.15, 0.2) is 85.1 Å². The predicted molar refractivity (Wildman–Crippen MR) is 143 cm³/mol. The van der Waals surface area contributed by atoms with E-state index in [4.69, 9.17) is 11.6 Å². The van der Waals surface area contributed by atoms with Crippen LogP contribution >= 0.6 is 11.6 Å². The lowest BCUT2D eigenvalue weighted by molar-refractivity contribution is 0.0950. The zero-order valence-corrected chi connectivity index (χ0v) is 20.3. The van der Waals surface area contributed by atoms with E-state index >= 15 is 0 Å². The number of hydrogen-bond donors (Lipinski definition) is 2. The van der Waals surface area contributed by atoms with Crippen molar-refractivity contribution < 1.29 is 4.79 Å². The molecule has 6 heteroatoms. The van der Waals surface area contributed by atoms with Gasteiger partial charge >= 0.3 is 0 Å². The summed E-state index contributed by atoms with van der Waals surface area (Å²) in [4.78, 5) is 19.7. The Bertz CT molecular complexity index is 1340. The fourth-order valence-electron chi connectivity index (χ4n) is 4.31. The number of anilines is 2. The summed E-state index contributed by atoms with van der Waals surface area (Å²) in [5.74, 6) is 0.639. The Hall–Kier alpha value is -3.83. The van der Waals surface area contributed by atoms with Gasteiger partial charge in [-0.25, -0.2) is 4.98 Å². The number of pyridine rings is 1. The second-order valence-corrected chi connectivity index (χ2v) is 9.19. The average Bonchev–Trinajstić information content (AvgIpc) is 2.90. The lowest BCUT2D eigenvalue weighted by Crippen LogP contribution is -2.34. The number of carbonyl (C=O) groups excluding carboxylic acids is 1. The molecule has 0 bridgehead atoms. The topological polar surface area (TPSA) is 57.3 Å². The van der Waals surface area contributed by atoms with Gasteiger partial charge in [-0.15, -0.1) is 0 Å². The monoisotopic (exact) mass is 482 g/mol. The standard InChI is InChI=1S/C29H27ClN4O/c1-20-7-12-26(30)25(15-20)19-34-14-13-31-28-27(34)16-24(18-32-28)29(35)33-17-21-8-10-23(11-9-21)22-5-3-2-4-6-22/h2-12,15-16,18H,13-14,17,19H2,1H3,(H,31,32)(H,33,35). The van der Waals surface area contributed by atoms with Crippen LogP contribution in [0.25, 0.3) is 11.1 Å². The number of aryl methyl sites for hydroxylation is 1. The van der Waals surface area contributed by atoms with E-state index in [0.29, 0.717) is 18.7 Å². The third-order valence-corrected chi connectivity index (χ3v) is 6.59. The molecule has 0 atom stereocenters. The summed E-state index contributed by atoms with van der Waals surface area (Å²) < 4.78 is 0. The number of halogens is 1. The van der Waals surface area contributed by atoms with E-state index in [9.17, 15) is 4.79 Å². The highest BCUT2D eigenvalue weighted by molar-refractivity contribution is 6.31. The van der Waals surface area contributed by atoms with Gasteiger partial charge in [0.05, 0.1) is 11.3 Å². The summed E-state index contributed by atoms with van der Waals surface area (Å²) in [6, 6.07) is 26.5. The van der Waals surface area contributed by atoms with Crippen LogP contribution in [0.1, 0.15) is 27.0 Å². The second-order valence-electron chi connectivity index (χ2n) is 8.78. The molecule has 35 heavy (non-hydrogen) atoms. The largest absolute Gasteiger partial charge is 0.367 e. The van der Waals surface area contributed by atoms with Gasteiger partial charge < -0.3 is 15.5 Å². The summed E-state index contributed by atoms with van der Waals surface area (Å²) in [5.41, 5.74) is 7.05. The Morgan fingerprint density at radius 3 is 2.60 bits per heavy atom. The van der Waals surface area contributed by atoms with Crippen LogP contribution in [0, 0.1) is 6.92 Å². The highest BCUT2D eigenvalue weighted by Gasteiger charge is 2.21. The van der Waals surface area contributed by atoms with Crippen LogP contribution < -0.4 is 15.5 Å². The van der Waals surface area contributed by atoms with Crippen molar-refractivity contribution in [2.45, 2.75) is 20.0 Å². The first-order valence-electron chi connectivity index (χ1n) is 11.7. The van der Waals surface area contributed by atoms with Gasteiger partial charge in [-0.1, -0.05) is 83.9 Å². The van der Waals surface area contributed by atoms with E-state index in [1.54, 1.807) is 6.20 Å². The Morgan fingerprint density at radius 1 is 1.03 bits per heavy atom. The fraction of sp³-hybridized carbons (Fsp3) is 0.172. The number of nitrogens with one attached hydrogen (secondary N) is 2. The maximum Gasteiger partial charge on any atom is 0.253 e. The number of aromatic nitrogens is 1. The van der Waals surface area contributed by atoms with Crippen molar-refractivity contribution in [2.75, 3.05) is 23.3 Å². The first-order chi connectivity index (χ1) is 17.1. The van der Waals surface area contributed by atoms with Gasteiger partial charge in [0.15, 0.2) is 0 Å². The van der Waals surface area contributed by atoms with E-state index in [-0.39, 0.29) is 5.91 Å². The van der Waals surface area contributed by atoms with E-state index in [1.165, 1.54) is 11.1 Å². The molecule has 176 valence electrons. The third-order valence-electron chi connectivity index (χ3n) is 6.22. The van der Waals surface area contributed by atoms with Crippen molar-refractivity contribution in [3.8, 4) is 11.1 Å². The highest BCUT2D eigenvalue weighted by Crippen LogP contribution is 2.31. The SMILES string of the molecule is Cc1ccc(Cl)c(CN2CCNc3ncc(C(=O)NCc4ccc(-c5ccccc5)cc4)cc32)c1. The van der Waals surface area contributed by atoms with Crippen LogP contribution in [0.3, 0.4) is 0 Å². The molecule has 0 saturated heterocycles. The molecule has 0 radical (unpaired) electrons. The Balaban J connectivity index is 1.28. The van der Waals surface area contributed by atoms with E-state index in [2.05, 4.69) is 57.8 Å².